The molecular formula is C23H22N2O4. The van der Waals surface area contributed by atoms with Gasteiger partial charge in [0.25, 0.3) is 11.5 Å². The van der Waals surface area contributed by atoms with Crippen molar-refractivity contribution in [2.24, 2.45) is 0 Å². The van der Waals surface area contributed by atoms with Gasteiger partial charge in [-0.25, -0.2) is 4.79 Å². The van der Waals surface area contributed by atoms with E-state index in [9.17, 15) is 14.4 Å². The maximum Gasteiger partial charge on any atom is 0.338 e. The van der Waals surface area contributed by atoms with Crippen molar-refractivity contribution in [2.75, 3.05) is 11.9 Å². The molecule has 0 fully saturated rings. The van der Waals surface area contributed by atoms with E-state index >= 15 is 0 Å². The van der Waals surface area contributed by atoms with Gasteiger partial charge in [0.15, 0.2) is 0 Å². The lowest BCUT2D eigenvalue weighted by Crippen LogP contribution is -2.29. The number of nitrogens with one attached hydrogen (secondary N) is 1. The van der Waals surface area contributed by atoms with Gasteiger partial charge in [-0.05, 0) is 48.4 Å². The molecule has 0 radical (unpaired) electrons. The van der Waals surface area contributed by atoms with Gasteiger partial charge in [0.1, 0.15) is 5.56 Å². The minimum absolute atomic E-state index is 0.0508. The van der Waals surface area contributed by atoms with Crippen molar-refractivity contribution >= 4 is 17.6 Å². The van der Waals surface area contributed by atoms with E-state index in [1.165, 1.54) is 10.6 Å². The molecule has 2 aromatic carbocycles. The fraction of sp³-hybridized carbons (Fsp3) is 0.174. The number of anilines is 1. The standard InChI is InChI=1S/C23H22N2O4/c1-2-15-29-23(28)18-10-12-19(13-11-18)24-21(26)20-9-6-14-25(22(20)27)16-17-7-4-3-5-8-17/h3-14H,2,15-16H2,1H3,(H,24,26). The second-order valence-electron chi connectivity index (χ2n) is 6.51. The normalized spacial score (nSPS) is 10.4. The lowest BCUT2D eigenvalue weighted by molar-refractivity contribution is 0.0505. The predicted molar refractivity (Wildman–Crippen MR) is 111 cm³/mol. The van der Waals surface area contributed by atoms with Crippen LogP contribution in [0.3, 0.4) is 0 Å². The lowest BCUT2D eigenvalue weighted by atomic mass is 10.2. The summed E-state index contributed by atoms with van der Waals surface area (Å²) in [7, 11) is 0. The first kappa shape index (κ1) is 20.1. The highest BCUT2D eigenvalue weighted by Crippen LogP contribution is 2.12. The summed E-state index contributed by atoms with van der Waals surface area (Å²) >= 11 is 0. The van der Waals surface area contributed by atoms with Crippen molar-refractivity contribution < 1.29 is 14.3 Å². The average molecular weight is 390 g/mol. The van der Waals surface area contributed by atoms with Gasteiger partial charge in [0.05, 0.1) is 18.7 Å². The van der Waals surface area contributed by atoms with Crippen LogP contribution < -0.4 is 10.9 Å². The van der Waals surface area contributed by atoms with Crippen LogP contribution in [0.2, 0.25) is 0 Å². The van der Waals surface area contributed by atoms with Crippen LogP contribution in [-0.2, 0) is 11.3 Å². The SMILES string of the molecule is CCCOC(=O)c1ccc(NC(=O)c2cccn(Cc3ccccc3)c2=O)cc1. The number of aromatic nitrogens is 1. The molecule has 0 saturated carbocycles. The first-order valence-electron chi connectivity index (χ1n) is 9.40. The summed E-state index contributed by atoms with van der Waals surface area (Å²) in [5, 5.41) is 2.70. The lowest BCUT2D eigenvalue weighted by Gasteiger charge is -2.09. The molecule has 0 aliphatic rings. The molecule has 1 N–H and O–H groups in total. The zero-order chi connectivity index (χ0) is 20.6. The summed E-state index contributed by atoms with van der Waals surface area (Å²) in [6.07, 6.45) is 2.40. The van der Waals surface area contributed by atoms with Crippen LogP contribution in [0.25, 0.3) is 0 Å². The van der Waals surface area contributed by atoms with Crippen molar-refractivity contribution in [2.45, 2.75) is 19.9 Å². The Hall–Kier alpha value is -3.67. The van der Waals surface area contributed by atoms with E-state index in [-0.39, 0.29) is 11.1 Å². The highest BCUT2D eigenvalue weighted by molar-refractivity contribution is 6.04. The first-order chi connectivity index (χ1) is 14.1. The van der Waals surface area contributed by atoms with Gasteiger partial charge in [-0.2, -0.15) is 0 Å². The Labute approximate surface area is 168 Å². The summed E-state index contributed by atoms with van der Waals surface area (Å²) in [6, 6.07) is 19.1. The zero-order valence-electron chi connectivity index (χ0n) is 16.1. The second kappa shape index (κ2) is 9.50. The van der Waals surface area contributed by atoms with Crippen LogP contribution >= 0.6 is 0 Å². The van der Waals surface area contributed by atoms with Crippen LogP contribution in [0, 0.1) is 0 Å². The Morgan fingerprint density at radius 2 is 1.69 bits per heavy atom. The molecule has 1 heterocycles. The van der Waals surface area contributed by atoms with Crippen molar-refractivity contribution in [1.82, 2.24) is 4.57 Å². The molecule has 0 spiro atoms. The Bertz CT molecular complexity index is 1040. The number of hydrogen-bond donors (Lipinski definition) is 1. The fourth-order valence-corrected chi connectivity index (χ4v) is 2.78. The largest absolute Gasteiger partial charge is 0.462 e. The van der Waals surface area contributed by atoms with Gasteiger partial charge >= 0.3 is 5.97 Å². The molecule has 0 bridgehead atoms. The van der Waals surface area contributed by atoms with Crippen molar-refractivity contribution in [3.8, 4) is 0 Å². The molecule has 0 aliphatic heterocycles. The third-order valence-electron chi connectivity index (χ3n) is 4.28. The summed E-state index contributed by atoms with van der Waals surface area (Å²) in [5.41, 5.74) is 1.54. The van der Waals surface area contributed by atoms with Gasteiger partial charge in [0.2, 0.25) is 0 Å². The van der Waals surface area contributed by atoms with E-state index in [1.54, 1.807) is 36.5 Å². The van der Waals surface area contributed by atoms with E-state index < -0.39 is 11.9 Å². The van der Waals surface area contributed by atoms with Crippen LogP contribution in [0.1, 0.15) is 39.6 Å². The fourth-order valence-electron chi connectivity index (χ4n) is 2.78. The number of amides is 1. The third kappa shape index (κ3) is 5.19. The van der Waals surface area contributed by atoms with Crippen molar-refractivity contribution in [1.29, 1.82) is 0 Å². The topological polar surface area (TPSA) is 77.4 Å². The highest BCUT2D eigenvalue weighted by Gasteiger charge is 2.13. The first-order valence-corrected chi connectivity index (χ1v) is 9.40. The Morgan fingerprint density at radius 3 is 2.38 bits per heavy atom. The number of esters is 1. The molecular weight excluding hydrogens is 368 g/mol. The molecule has 0 saturated heterocycles. The van der Waals surface area contributed by atoms with Crippen LogP contribution in [0.5, 0.6) is 0 Å². The monoisotopic (exact) mass is 390 g/mol. The smallest absolute Gasteiger partial charge is 0.338 e. The maximum atomic E-state index is 12.7. The second-order valence-corrected chi connectivity index (χ2v) is 6.51. The number of hydrogen-bond acceptors (Lipinski definition) is 4. The van der Waals surface area contributed by atoms with E-state index in [4.69, 9.17) is 4.74 Å². The van der Waals surface area contributed by atoms with Crippen molar-refractivity contribution in [3.05, 3.63) is 100.0 Å². The molecule has 3 rings (SSSR count). The Balaban J connectivity index is 1.72. The van der Waals surface area contributed by atoms with E-state index in [1.807, 2.05) is 37.3 Å². The molecule has 1 amide bonds. The number of carbonyl (C=O) groups excluding carboxylic acids is 2. The average Bonchev–Trinajstić information content (AvgIpc) is 2.74. The zero-order valence-corrected chi connectivity index (χ0v) is 16.1. The number of carbonyl (C=O) groups is 2. The van der Waals surface area contributed by atoms with Crippen molar-refractivity contribution in [3.63, 3.8) is 0 Å². The molecule has 148 valence electrons. The number of nitrogens with zero attached hydrogens (tertiary/aromatic N) is 1. The molecule has 3 aromatic rings. The van der Waals surface area contributed by atoms with Gasteiger partial charge in [-0.1, -0.05) is 37.3 Å². The minimum atomic E-state index is -0.501. The number of ether oxygens (including phenoxy) is 1. The molecule has 6 heteroatoms. The third-order valence-corrected chi connectivity index (χ3v) is 4.28. The van der Waals surface area contributed by atoms with Gasteiger partial charge < -0.3 is 14.6 Å². The minimum Gasteiger partial charge on any atom is -0.462 e. The summed E-state index contributed by atoms with van der Waals surface area (Å²) in [4.78, 5) is 37.1. The van der Waals surface area contributed by atoms with Gasteiger partial charge in [-0.3, -0.25) is 9.59 Å². The van der Waals surface area contributed by atoms with Crippen LogP contribution in [-0.4, -0.2) is 23.1 Å². The van der Waals surface area contributed by atoms with Crippen LogP contribution in [0.15, 0.2) is 77.7 Å². The summed E-state index contributed by atoms with van der Waals surface area (Å²) in [6.45, 7) is 2.67. The molecule has 0 aliphatic carbocycles. The summed E-state index contributed by atoms with van der Waals surface area (Å²) < 4.78 is 6.57. The Kier molecular flexibility index (Phi) is 6.58. The van der Waals surface area contributed by atoms with E-state index in [2.05, 4.69) is 5.32 Å². The number of pyridine rings is 1. The molecule has 0 unspecified atom stereocenters. The van der Waals surface area contributed by atoms with Gasteiger partial charge in [0, 0.05) is 11.9 Å². The molecule has 1 aromatic heterocycles. The van der Waals surface area contributed by atoms with E-state index in [0.717, 1.165) is 12.0 Å². The molecule has 29 heavy (non-hydrogen) atoms. The highest BCUT2D eigenvalue weighted by atomic mass is 16.5. The summed E-state index contributed by atoms with van der Waals surface area (Å²) in [5.74, 6) is -0.907. The van der Waals surface area contributed by atoms with Gasteiger partial charge in [-0.15, -0.1) is 0 Å². The molecule has 6 nitrogen and oxygen atoms in total. The maximum absolute atomic E-state index is 12.7. The van der Waals surface area contributed by atoms with Crippen LogP contribution in [0.4, 0.5) is 5.69 Å². The number of benzene rings is 2. The quantitative estimate of drug-likeness (QED) is 0.624. The number of rotatable bonds is 7. The van der Waals surface area contributed by atoms with E-state index in [0.29, 0.717) is 24.4 Å². The Morgan fingerprint density at radius 1 is 0.966 bits per heavy atom. The molecule has 0 atom stereocenters. The predicted octanol–water partition coefficient (Wildman–Crippen LogP) is 3.72.